The third-order valence-corrected chi connectivity index (χ3v) is 5.13. The molecule has 0 aliphatic carbocycles. The molecule has 0 aromatic heterocycles. The minimum Gasteiger partial charge on any atom is -0.0654 e. The summed E-state index contributed by atoms with van der Waals surface area (Å²) in [5.74, 6) is 2.98. The Morgan fingerprint density at radius 2 is 1.05 bits per heavy atom. The van der Waals surface area contributed by atoms with Gasteiger partial charge in [-0.3, -0.25) is 0 Å². The number of hydrogen-bond acceptors (Lipinski definition) is 0. The minimum atomic E-state index is 0.993. The summed E-state index contributed by atoms with van der Waals surface area (Å²) in [5, 5.41) is 0. The molecule has 0 heteroatoms. The second-order valence-corrected chi connectivity index (χ2v) is 6.47. The average molecular weight is 269 g/mol. The van der Waals surface area contributed by atoms with E-state index in [9.17, 15) is 0 Å². The minimum absolute atomic E-state index is 0.993. The van der Waals surface area contributed by atoms with Gasteiger partial charge in [0.25, 0.3) is 0 Å². The fourth-order valence-corrected chi connectivity index (χ4v) is 3.51. The molecule has 0 aliphatic rings. The number of rotatable bonds is 13. The van der Waals surface area contributed by atoms with Crippen LogP contribution in [0.3, 0.4) is 0 Å². The monoisotopic (exact) mass is 268 g/mol. The van der Waals surface area contributed by atoms with Crippen LogP contribution in [0.5, 0.6) is 0 Å². The SMILES string of the molecule is CCCCC(CC)CCC(CC)C(CC)CCCC. The van der Waals surface area contributed by atoms with Crippen LogP contribution in [-0.2, 0) is 0 Å². The maximum absolute atomic E-state index is 2.41. The molecule has 0 amide bonds. The number of hydrogen-bond donors (Lipinski definition) is 0. The first-order chi connectivity index (χ1) is 9.23. The molecule has 0 N–H and O–H groups in total. The summed E-state index contributed by atoms with van der Waals surface area (Å²) in [6, 6.07) is 0. The third kappa shape index (κ3) is 8.71. The van der Waals surface area contributed by atoms with Crippen LogP contribution in [0.4, 0.5) is 0 Å². The second-order valence-electron chi connectivity index (χ2n) is 6.47. The van der Waals surface area contributed by atoms with Crippen LogP contribution in [0.2, 0.25) is 0 Å². The summed E-state index contributed by atoms with van der Waals surface area (Å²) in [4.78, 5) is 0. The van der Waals surface area contributed by atoms with Crippen LogP contribution in [0.15, 0.2) is 0 Å². The van der Waals surface area contributed by atoms with Crippen LogP contribution < -0.4 is 0 Å². The predicted octanol–water partition coefficient (Wildman–Crippen LogP) is 7.23. The lowest BCUT2D eigenvalue weighted by Crippen LogP contribution is -2.15. The fourth-order valence-electron chi connectivity index (χ4n) is 3.51. The van der Waals surface area contributed by atoms with Gasteiger partial charge in [-0.25, -0.2) is 0 Å². The zero-order chi connectivity index (χ0) is 14.5. The number of unbranched alkanes of at least 4 members (excludes halogenated alkanes) is 2. The van der Waals surface area contributed by atoms with Crippen molar-refractivity contribution in [2.75, 3.05) is 0 Å². The van der Waals surface area contributed by atoms with Crippen LogP contribution in [-0.4, -0.2) is 0 Å². The van der Waals surface area contributed by atoms with Crippen molar-refractivity contribution in [3.63, 3.8) is 0 Å². The average Bonchev–Trinajstić information content (AvgIpc) is 2.45. The molecule has 0 radical (unpaired) electrons. The Balaban J connectivity index is 4.12. The highest BCUT2D eigenvalue weighted by Crippen LogP contribution is 2.31. The largest absolute Gasteiger partial charge is 0.0654 e. The van der Waals surface area contributed by atoms with E-state index in [0.717, 1.165) is 17.8 Å². The predicted molar refractivity (Wildman–Crippen MR) is 89.6 cm³/mol. The van der Waals surface area contributed by atoms with Gasteiger partial charge in [0, 0.05) is 0 Å². The van der Waals surface area contributed by atoms with E-state index in [4.69, 9.17) is 0 Å². The molecular formula is C19H40. The van der Waals surface area contributed by atoms with Gasteiger partial charge in [0.15, 0.2) is 0 Å². The zero-order valence-electron chi connectivity index (χ0n) is 14.5. The molecule has 0 spiro atoms. The summed E-state index contributed by atoms with van der Waals surface area (Å²) >= 11 is 0. The van der Waals surface area contributed by atoms with E-state index in [0.29, 0.717) is 0 Å². The normalized spacial score (nSPS) is 16.3. The van der Waals surface area contributed by atoms with E-state index in [-0.39, 0.29) is 0 Å². The first kappa shape index (κ1) is 19.0. The van der Waals surface area contributed by atoms with Crippen LogP contribution in [0.1, 0.15) is 105 Å². The van der Waals surface area contributed by atoms with Crippen LogP contribution in [0.25, 0.3) is 0 Å². The molecular weight excluding hydrogens is 228 g/mol. The first-order valence-electron chi connectivity index (χ1n) is 9.23. The van der Waals surface area contributed by atoms with Gasteiger partial charge in [-0.15, -0.1) is 0 Å². The van der Waals surface area contributed by atoms with E-state index in [1.165, 1.54) is 70.6 Å². The molecule has 19 heavy (non-hydrogen) atoms. The molecule has 0 heterocycles. The summed E-state index contributed by atoms with van der Waals surface area (Å²) in [5.41, 5.74) is 0. The molecule has 0 saturated heterocycles. The standard InChI is InChI=1S/C19H40/c1-6-11-13-17(8-3)15-16-19(10-5)18(9-4)14-12-7-2/h17-19H,6-16H2,1-5H3. The van der Waals surface area contributed by atoms with Crippen molar-refractivity contribution in [1.29, 1.82) is 0 Å². The Labute approximate surface area is 123 Å². The van der Waals surface area contributed by atoms with Gasteiger partial charge in [0.2, 0.25) is 0 Å². The van der Waals surface area contributed by atoms with E-state index in [1.54, 1.807) is 0 Å². The molecule has 3 atom stereocenters. The summed E-state index contributed by atoms with van der Waals surface area (Å²) in [6.45, 7) is 11.8. The lowest BCUT2D eigenvalue weighted by Gasteiger charge is -2.27. The van der Waals surface area contributed by atoms with E-state index in [2.05, 4.69) is 34.6 Å². The first-order valence-corrected chi connectivity index (χ1v) is 9.23. The van der Waals surface area contributed by atoms with Crippen molar-refractivity contribution in [3.05, 3.63) is 0 Å². The van der Waals surface area contributed by atoms with Gasteiger partial charge in [0.05, 0.1) is 0 Å². The molecule has 0 aliphatic heterocycles. The van der Waals surface area contributed by atoms with Crippen LogP contribution >= 0.6 is 0 Å². The third-order valence-electron chi connectivity index (χ3n) is 5.13. The van der Waals surface area contributed by atoms with E-state index >= 15 is 0 Å². The Morgan fingerprint density at radius 1 is 0.526 bits per heavy atom. The molecule has 0 bridgehead atoms. The molecule has 0 nitrogen and oxygen atoms in total. The van der Waals surface area contributed by atoms with Crippen molar-refractivity contribution < 1.29 is 0 Å². The topological polar surface area (TPSA) is 0 Å². The van der Waals surface area contributed by atoms with Gasteiger partial charge in [-0.1, -0.05) is 98.8 Å². The highest BCUT2D eigenvalue weighted by molar-refractivity contribution is 4.70. The Hall–Kier alpha value is 0. The quantitative estimate of drug-likeness (QED) is 0.330. The summed E-state index contributed by atoms with van der Waals surface area (Å²) in [7, 11) is 0. The maximum Gasteiger partial charge on any atom is -0.0388 e. The van der Waals surface area contributed by atoms with Gasteiger partial charge >= 0.3 is 0 Å². The maximum atomic E-state index is 2.41. The fraction of sp³-hybridized carbons (Fsp3) is 1.00. The molecule has 0 rings (SSSR count). The van der Waals surface area contributed by atoms with Gasteiger partial charge < -0.3 is 0 Å². The molecule has 3 unspecified atom stereocenters. The van der Waals surface area contributed by atoms with E-state index < -0.39 is 0 Å². The molecule has 0 aromatic rings. The van der Waals surface area contributed by atoms with Crippen molar-refractivity contribution >= 4 is 0 Å². The lowest BCUT2D eigenvalue weighted by atomic mass is 9.79. The highest BCUT2D eigenvalue weighted by Gasteiger charge is 2.19. The summed E-state index contributed by atoms with van der Waals surface area (Å²) < 4.78 is 0. The van der Waals surface area contributed by atoms with Crippen LogP contribution in [0, 0.1) is 17.8 Å². The van der Waals surface area contributed by atoms with Gasteiger partial charge in [-0.2, -0.15) is 0 Å². The Kier molecular flexibility index (Phi) is 13.0. The molecule has 0 aromatic carbocycles. The molecule has 0 fully saturated rings. The molecule has 0 saturated carbocycles. The smallest absolute Gasteiger partial charge is 0.0388 e. The summed E-state index contributed by atoms with van der Waals surface area (Å²) in [6.07, 6.45) is 15.7. The van der Waals surface area contributed by atoms with Gasteiger partial charge in [0.1, 0.15) is 0 Å². The van der Waals surface area contributed by atoms with E-state index in [1.807, 2.05) is 0 Å². The van der Waals surface area contributed by atoms with Crippen molar-refractivity contribution in [3.8, 4) is 0 Å². The van der Waals surface area contributed by atoms with Crippen molar-refractivity contribution in [2.45, 2.75) is 105 Å². The Morgan fingerprint density at radius 3 is 1.53 bits per heavy atom. The van der Waals surface area contributed by atoms with Gasteiger partial charge in [-0.05, 0) is 24.2 Å². The molecule has 116 valence electrons. The van der Waals surface area contributed by atoms with Crippen molar-refractivity contribution in [2.24, 2.45) is 17.8 Å². The second kappa shape index (κ2) is 13.0. The highest BCUT2D eigenvalue weighted by atomic mass is 14.2. The van der Waals surface area contributed by atoms with Crippen molar-refractivity contribution in [1.82, 2.24) is 0 Å². The lowest BCUT2D eigenvalue weighted by molar-refractivity contribution is 0.247. The zero-order valence-corrected chi connectivity index (χ0v) is 14.5. The Bertz CT molecular complexity index is 173.